The maximum atomic E-state index is 13.7. The Bertz CT molecular complexity index is 618. The van der Waals surface area contributed by atoms with Crippen LogP contribution in [0.4, 0.5) is 10.1 Å². The summed E-state index contributed by atoms with van der Waals surface area (Å²) in [5, 5.41) is 11.2. The molecule has 2 rings (SSSR count). The topological polar surface area (TPSA) is 86.7 Å². The second-order valence-electron chi connectivity index (χ2n) is 5.53. The Labute approximate surface area is 133 Å². The minimum absolute atomic E-state index is 0.0837. The third kappa shape index (κ3) is 4.77. The Morgan fingerprint density at radius 1 is 1.22 bits per heavy atom. The first kappa shape index (κ1) is 16.9. The number of nitrogens with zero attached hydrogens (tertiary/aromatic N) is 1. The summed E-state index contributed by atoms with van der Waals surface area (Å²) in [5.74, 6) is -2.55. The molecule has 1 aliphatic rings. The zero-order chi connectivity index (χ0) is 16.8. The zero-order valence-electron chi connectivity index (χ0n) is 12.7. The van der Waals surface area contributed by atoms with E-state index < -0.39 is 17.7 Å². The first-order valence-corrected chi connectivity index (χ1v) is 7.58. The van der Waals surface area contributed by atoms with Gasteiger partial charge in [-0.15, -0.1) is 0 Å². The number of hydrogen-bond donors (Lipinski definition) is 2. The number of rotatable bonds is 4. The van der Waals surface area contributed by atoms with Gasteiger partial charge in [-0.25, -0.2) is 9.18 Å². The van der Waals surface area contributed by atoms with Crippen LogP contribution < -0.4 is 5.32 Å². The van der Waals surface area contributed by atoms with Crippen LogP contribution in [0, 0.1) is 5.82 Å². The van der Waals surface area contributed by atoms with Crippen molar-refractivity contribution in [2.45, 2.75) is 32.1 Å². The molecule has 2 N–H and O–H groups in total. The second-order valence-corrected chi connectivity index (χ2v) is 5.53. The molecule has 0 spiro atoms. The van der Waals surface area contributed by atoms with Crippen molar-refractivity contribution >= 4 is 23.5 Å². The lowest BCUT2D eigenvalue weighted by Gasteiger charge is -2.24. The smallest absolute Gasteiger partial charge is 0.335 e. The van der Waals surface area contributed by atoms with E-state index in [-0.39, 0.29) is 23.7 Å². The van der Waals surface area contributed by atoms with Crippen molar-refractivity contribution in [3.8, 4) is 0 Å². The maximum absolute atomic E-state index is 13.7. The van der Waals surface area contributed by atoms with Gasteiger partial charge in [0, 0.05) is 13.0 Å². The summed E-state index contributed by atoms with van der Waals surface area (Å²) < 4.78 is 13.7. The van der Waals surface area contributed by atoms with Crippen molar-refractivity contribution in [3.63, 3.8) is 0 Å². The van der Waals surface area contributed by atoms with Gasteiger partial charge in [0.25, 0.3) is 0 Å². The molecule has 1 aliphatic heterocycles. The quantitative estimate of drug-likeness (QED) is 0.890. The van der Waals surface area contributed by atoms with E-state index in [0.717, 1.165) is 43.9 Å². The van der Waals surface area contributed by atoms with Crippen LogP contribution in [-0.2, 0) is 9.59 Å². The van der Waals surface area contributed by atoms with E-state index in [1.165, 1.54) is 4.90 Å². The number of carbonyl (C=O) groups is 3. The van der Waals surface area contributed by atoms with E-state index in [4.69, 9.17) is 5.11 Å². The van der Waals surface area contributed by atoms with Gasteiger partial charge >= 0.3 is 5.97 Å². The lowest BCUT2D eigenvalue weighted by molar-refractivity contribution is -0.135. The van der Waals surface area contributed by atoms with Crippen molar-refractivity contribution in [2.24, 2.45) is 0 Å². The first-order chi connectivity index (χ1) is 11.0. The molecule has 1 heterocycles. The highest BCUT2D eigenvalue weighted by atomic mass is 19.1. The molecular formula is C16H19FN2O4. The van der Waals surface area contributed by atoms with Crippen LogP contribution in [-0.4, -0.2) is 40.9 Å². The van der Waals surface area contributed by atoms with E-state index in [0.29, 0.717) is 13.0 Å². The summed E-state index contributed by atoms with van der Waals surface area (Å²) in [6.45, 7) is 0.347. The van der Waals surface area contributed by atoms with Crippen LogP contribution in [0.3, 0.4) is 0 Å². The van der Waals surface area contributed by atoms with E-state index in [2.05, 4.69) is 5.32 Å². The number of hydrogen-bond acceptors (Lipinski definition) is 3. The predicted molar refractivity (Wildman–Crippen MR) is 81.7 cm³/mol. The number of carboxylic acids is 1. The van der Waals surface area contributed by atoms with Gasteiger partial charge < -0.3 is 15.3 Å². The molecule has 0 aliphatic carbocycles. The van der Waals surface area contributed by atoms with Gasteiger partial charge in [-0.3, -0.25) is 9.59 Å². The third-order valence-corrected chi connectivity index (χ3v) is 3.74. The molecular weight excluding hydrogens is 303 g/mol. The third-order valence-electron chi connectivity index (χ3n) is 3.74. The van der Waals surface area contributed by atoms with Crippen molar-refractivity contribution in [3.05, 3.63) is 29.6 Å². The molecule has 0 radical (unpaired) electrons. The van der Waals surface area contributed by atoms with Crippen LogP contribution in [0.15, 0.2) is 18.2 Å². The van der Waals surface area contributed by atoms with Crippen molar-refractivity contribution < 1.29 is 23.9 Å². The molecule has 1 aromatic rings. The molecule has 7 heteroatoms. The number of benzene rings is 1. The van der Waals surface area contributed by atoms with Crippen LogP contribution in [0.2, 0.25) is 0 Å². The zero-order valence-corrected chi connectivity index (χ0v) is 12.7. The molecule has 0 atom stereocenters. The normalized spacial score (nSPS) is 15.7. The summed E-state index contributed by atoms with van der Waals surface area (Å²) in [6.07, 6.45) is 4.09. The molecule has 1 saturated heterocycles. The van der Waals surface area contributed by atoms with Gasteiger partial charge in [-0.05, 0) is 31.0 Å². The number of carboxylic acid groups (broad SMARTS) is 1. The highest BCUT2D eigenvalue weighted by molar-refractivity contribution is 5.96. The Kier molecular flexibility index (Phi) is 5.67. The Balaban J connectivity index is 2.02. The minimum Gasteiger partial charge on any atom is -0.478 e. The first-order valence-electron chi connectivity index (χ1n) is 7.58. The van der Waals surface area contributed by atoms with Crippen molar-refractivity contribution in [1.82, 2.24) is 4.90 Å². The summed E-state index contributed by atoms with van der Waals surface area (Å²) in [7, 11) is 0. The van der Waals surface area contributed by atoms with E-state index >= 15 is 0 Å². The van der Waals surface area contributed by atoms with E-state index in [1.54, 1.807) is 0 Å². The number of amides is 2. The molecule has 2 amide bonds. The SMILES string of the molecule is O=C(CN1CCCCCCC1=O)Nc1cc(C(=O)O)ccc1F. The molecule has 0 aromatic heterocycles. The van der Waals surface area contributed by atoms with Gasteiger partial charge in [0.2, 0.25) is 11.8 Å². The summed E-state index contributed by atoms with van der Waals surface area (Å²) >= 11 is 0. The largest absolute Gasteiger partial charge is 0.478 e. The molecule has 1 aromatic carbocycles. The summed E-state index contributed by atoms with van der Waals surface area (Å²) in [6, 6.07) is 3.17. The maximum Gasteiger partial charge on any atom is 0.335 e. The fourth-order valence-electron chi connectivity index (χ4n) is 2.50. The van der Waals surface area contributed by atoms with Crippen molar-refractivity contribution in [2.75, 3.05) is 18.4 Å². The molecule has 0 saturated carbocycles. The Morgan fingerprint density at radius 3 is 2.70 bits per heavy atom. The fraction of sp³-hybridized carbons (Fsp3) is 0.438. The molecule has 6 nitrogen and oxygen atoms in total. The highest BCUT2D eigenvalue weighted by Crippen LogP contribution is 2.17. The Morgan fingerprint density at radius 2 is 1.96 bits per heavy atom. The predicted octanol–water partition coefficient (Wildman–Crippen LogP) is 2.26. The van der Waals surface area contributed by atoms with Gasteiger partial charge in [0.05, 0.1) is 17.8 Å². The molecule has 23 heavy (non-hydrogen) atoms. The van der Waals surface area contributed by atoms with Crippen LogP contribution in [0.5, 0.6) is 0 Å². The van der Waals surface area contributed by atoms with Gasteiger partial charge in [-0.1, -0.05) is 12.8 Å². The average Bonchev–Trinajstić information content (AvgIpc) is 2.49. The minimum atomic E-state index is -1.21. The molecule has 0 bridgehead atoms. The average molecular weight is 322 g/mol. The lowest BCUT2D eigenvalue weighted by atomic mass is 10.1. The number of aromatic carboxylic acids is 1. The summed E-state index contributed by atoms with van der Waals surface area (Å²) in [5.41, 5.74) is -0.321. The highest BCUT2D eigenvalue weighted by Gasteiger charge is 2.19. The van der Waals surface area contributed by atoms with Gasteiger partial charge in [-0.2, -0.15) is 0 Å². The second kappa shape index (κ2) is 7.71. The van der Waals surface area contributed by atoms with Crippen LogP contribution in [0.1, 0.15) is 42.5 Å². The number of carbonyl (C=O) groups excluding carboxylic acids is 2. The molecule has 124 valence electrons. The van der Waals surface area contributed by atoms with Gasteiger partial charge in [0.15, 0.2) is 0 Å². The van der Waals surface area contributed by atoms with E-state index in [1.807, 2.05) is 0 Å². The number of likely N-dealkylation sites (tertiary alicyclic amines) is 1. The monoisotopic (exact) mass is 322 g/mol. The molecule has 0 unspecified atom stereocenters. The van der Waals surface area contributed by atoms with Crippen molar-refractivity contribution in [1.29, 1.82) is 0 Å². The van der Waals surface area contributed by atoms with Gasteiger partial charge in [0.1, 0.15) is 5.82 Å². The Hall–Kier alpha value is -2.44. The number of halogens is 1. The van der Waals surface area contributed by atoms with Crippen LogP contribution >= 0.6 is 0 Å². The van der Waals surface area contributed by atoms with E-state index in [9.17, 15) is 18.8 Å². The number of anilines is 1. The van der Waals surface area contributed by atoms with Crippen LogP contribution in [0.25, 0.3) is 0 Å². The number of nitrogens with one attached hydrogen (secondary N) is 1. The lowest BCUT2D eigenvalue weighted by Crippen LogP contribution is -2.39. The standard InChI is InChI=1S/C16H19FN2O4/c17-12-7-6-11(16(22)23)9-13(12)18-14(20)10-19-8-4-2-1-3-5-15(19)21/h6-7,9H,1-5,8,10H2,(H,18,20)(H,22,23). The fourth-order valence-corrected chi connectivity index (χ4v) is 2.50. The molecule has 1 fully saturated rings. The summed E-state index contributed by atoms with van der Waals surface area (Å²) in [4.78, 5) is 36.4.